The first-order valence-corrected chi connectivity index (χ1v) is 8.20. The quantitative estimate of drug-likeness (QED) is 0.835. The van der Waals surface area contributed by atoms with Crippen LogP contribution in [0.2, 0.25) is 0 Å². The Morgan fingerprint density at radius 1 is 1.47 bits per heavy atom. The van der Waals surface area contributed by atoms with Gasteiger partial charge in [-0.3, -0.25) is 0 Å². The number of hydrogen-bond acceptors (Lipinski definition) is 3. The Morgan fingerprint density at radius 2 is 2.29 bits per heavy atom. The topological polar surface area (TPSA) is 21.3 Å². The zero-order valence-corrected chi connectivity index (χ0v) is 12.4. The maximum atomic E-state index is 6.07. The van der Waals surface area contributed by atoms with Gasteiger partial charge < -0.3 is 10.1 Å². The predicted octanol–water partition coefficient (Wildman–Crippen LogP) is 3.21. The molecule has 0 aliphatic carbocycles. The van der Waals surface area contributed by atoms with Crippen LogP contribution in [0.25, 0.3) is 0 Å². The van der Waals surface area contributed by atoms with Gasteiger partial charge >= 0.3 is 0 Å². The Kier molecular flexibility index (Phi) is 4.43. The van der Waals surface area contributed by atoms with Crippen LogP contribution < -0.4 is 5.32 Å². The molecular weight excluding hydrogens is 230 g/mol. The zero-order chi connectivity index (χ0) is 12.4. The first-order valence-electron chi connectivity index (χ1n) is 7.05. The second-order valence-electron chi connectivity index (χ2n) is 6.30. The minimum Gasteiger partial charge on any atom is -0.374 e. The summed E-state index contributed by atoms with van der Waals surface area (Å²) in [5.74, 6) is 2.49. The molecule has 2 rings (SSSR count). The van der Waals surface area contributed by atoms with Crippen LogP contribution in [0.4, 0.5) is 0 Å². The van der Waals surface area contributed by atoms with Crippen molar-refractivity contribution in [2.45, 2.75) is 70.1 Å². The fourth-order valence-electron chi connectivity index (χ4n) is 3.26. The lowest BCUT2D eigenvalue weighted by molar-refractivity contribution is -0.0731. The molecule has 1 N–H and O–H groups in total. The van der Waals surface area contributed by atoms with Gasteiger partial charge in [0.2, 0.25) is 0 Å². The summed E-state index contributed by atoms with van der Waals surface area (Å²) in [4.78, 5) is 0. The van der Waals surface area contributed by atoms with Crippen molar-refractivity contribution in [1.29, 1.82) is 0 Å². The fourth-order valence-corrected chi connectivity index (χ4v) is 4.64. The molecule has 100 valence electrons. The van der Waals surface area contributed by atoms with Crippen LogP contribution in [-0.4, -0.2) is 35.3 Å². The minimum atomic E-state index is 0.211. The third-order valence-electron chi connectivity index (χ3n) is 4.03. The molecule has 0 radical (unpaired) electrons. The second kappa shape index (κ2) is 5.50. The van der Waals surface area contributed by atoms with E-state index in [1.54, 1.807) is 0 Å². The summed E-state index contributed by atoms with van der Waals surface area (Å²) in [5.41, 5.74) is 0.493. The van der Waals surface area contributed by atoms with Gasteiger partial charge in [-0.05, 0) is 45.3 Å². The van der Waals surface area contributed by atoms with Gasteiger partial charge in [0.1, 0.15) is 0 Å². The molecule has 2 aliphatic heterocycles. The molecule has 2 fully saturated rings. The summed E-state index contributed by atoms with van der Waals surface area (Å²) in [6, 6.07) is 0.656. The predicted molar refractivity (Wildman–Crippen MR) is 75.8 cm³/mol. The Labute approximate surface area is 110 Å². The molecule has 0 aromatic carbocycles. The average Bonchev–Trinajstić information content (AvgIpc) is 2.65. The molecular formula is C14H27NOS. The number of thioether (sulfide) groups is 1. The molecule has 2 saturated heterocycles. The molecule has 17 heavy (non-hydrogen) atoms. The van der Waals surface area contributed by atoms with Crippen molar-refractivity contribution < 1.29 is 4.74 Å². The van der Waals surface area contributed by atoms with Crippen molar-refractivity contribution in [2.75, 3.05) is 18.1 Å². The number of nitrogens with one attached hydrogen (secondary N) is 1. The van der Waals surface area contributed by atoms with Gasteiger partial charge in [0.05, 0.1) is 5.60 Å². The van der Waals surface area contributed by atoms with Crippen molar-refractivity contribution in [3.63, 3.8) is 0 Å². The lowest BCUT2D eigenvalue weighted by Crippen LogP contribution is -2.53. The first kappa shape index (κ1) is 13.7. The molecule has 2 atom stereocenters. The third kappa shape index (κ3) is 3.62. The van der Waals surface area contributed by atoms with E-state index in [4.69, 9.17) is 4.74 Å². The Morgan fingerprint density at radius 3 is 2.94 bits per heavy atom. The van der Waals surface area contributed by atoms with Crippen LogP contribution in [0.3, 0.4) is 0 Å². The SMILES string of the molecule is CCCC(C)(C)NC1CCOC2(CCSC2)C1. The van der Waals surface area contributed by atoms with Crippen molar-refractivity contribution in [3.8, 4) is 0 Å². The van der Waals surface area contributed by atoms with Crippen molar-refractivity contribution in [3.05, 3.63) is 0 Å². The average molecular weight is 257 g/mol. The summed E-state index contributed by atoms with van der Waals surface area (Å²) >= 11 is 2.06. The fraction of sp³-hybridized carbons (Fsp3) is 1.00. The molecule has 0 saturated carbocycles. The normalized spacial score (nSPS) is 34.4. The lowest BCUT2D eigenvalue weighted by Gasteiger charge is -2.41. The van der Waals surface area contributed by atoms with Gasteiger partial charge in [0.25, 0.3) is 0 Å². The highest BCUT2D eigenvalue weighted by molar-refractivity contribution is 7.99. The van der Waals surface area contributed by atoms with E-state index in [2.05, 4.69) is 37.8 Å². The highest BCUT2D eigenvalue weighted by atomic mass is 32.2. The van der Waals surface area contributed by atoms with Gasteiger partial charge in [0, 0.05) is 23.9 Å². The van der Waals surface area contributed by atoms with E-state index in [9.17, 15) is 0 Å². The van der Waals surface area contributed by atoms with Crippen LogP contribution in [0.5, 0.6) is 0 Å². The number of ether oxygens (including phenoxy) is 1. The Balaban J connectivity index is 1.89. The Bertz CT molecular complexity index is 249. The van der Waals surface area contributed by atoms with Crippen molar-refractivity contribution in [2.24, 2.45) is 0 Å². The monoisotopic (exact) mass is 257 g/mol. The highest BCUT2D eigenvalue weighted by Gasteiger charge is 2.41. The summed E-state index contributed by atoms with van der Waals surface area (Å²) in [7, 11) is 0. The molecule has 0 aromatic rings. The van der Waals surface area contributed by atoms with E-state index < -0.39 is 0 Å². The van der Waals surface area contributed by atoms with E-state index in [0.717, 1.165) is 6.61 Å². The van der Waals surface area contributed by atoms with Gasteiger partial charge in [-0.2, -0.15) is 11.8 Å². The molecule has 0 amide bonds. The second-order valence-corrected chi connectivity index (χ2v) is 7.41. The molecule has 1 spiro atoms. The molecule has 2 unspecified atom stereocenters. The molecule has 0 aromatic heterocycles. The Hall–Kier alpha value is 0.270. The summed E-state index contributed by atoms with van der Waals surface area (Å²) in [5, 5.41) is 3.86. The van der Waals surface area contributed by atoms with Crippen LogP contribution in [0, 0.1) is 0 Å². The third-order valence-corrected chi connectivity index (χ3v) is 5.25. The van der Waals surface area contributed by atoms with Crippen LogP contribution >= 0.6 is 11.8 Å². The summed E-state index contributed by atoms with van der Waals surface area (Å²) in [6.07, 6.45) is 6.16. The van der Waals surface area contributed by atoms with Gasteiger partial charge in [0.15, 0.2) is 0 Å². The van der Waals surface area contributed by atoms with E-state index in [1.807, 2.05) is 0 Å². The minimum absolute atomic E-state index is 0.211. The van der Waals surface area contributed by atoms with Gasteiger partial charge in [-0.1, -0.05) is 13.3 Å². The van der Waals surface area contributed by atoms with Crippen LogP contribution in [0.1, 0.15) is 52.9 Å². The molecule has 3 heteroatoms. The first-order chi connectivity index (χ1) is 8.05. The van der Waals surface area contributed by atoms with Gasteiger partial charge in [-0.15, -0.1) is 0 Å². The van der Waals surface area contributed by atoms with Crippen LogP contribution in [-0.2, 0) is 4.74 Å². The highest BCUT2D eigenvalue weighted by Crippen LogP contribution is 2.38. The molecule has 0 bridgehead atoms. The van der Waals surface area contributed by atoms with Crippen molar-refractivity contribution >= 4 is 11.8 Å². The summed E-state index contributed by atoms with van der Waals surface area (Å²) < 4.78 is 6.07. The summed E-state index contributed by atoms with van der Waals surface area (Å²) in [6.45, 7) is 7.88. The zero-order valence-electron chi connectivity index (χ0n) is 11.6. The molecule has 2 aliphatic rings. The maximum absolute atomic E-state index is 6.07. The standard InChI is InChI=1S/C14H27NOS/c1-4-6-13(2,3)15-12-5-8-16-14(10-12)7-9-17-11-14/h12,15H,4-11H2,1-3H3. The van der Waals surface area contributed by atoms with E-state index in [1.165, 1.54) is 43.6 Å². The van der Waals surface area contributed by atoms with E-state index >= 15 is 0 Å². The molecule has 2 heterocycles. The smallest absolute Gasteiger partial charge is 0.0795 e. The number of rotatable bonds is 4. The van der Waals surface area contributed by atoms with E-state index in [-0.39, 0.29) is 11.1 Å². The number of hydrogen-bond donors (Lipinski definition) is 1. The largest absolute Gasteiger partial charge is 0.374 e. The lowest BCUT2D eigenvalue weighted by atomic mass is 9.87. The van der Waals surface area contributed by atoms with E-state index in [0.29, 0.717) is 6.04 Å². The van der Waals surface area contributed by atoms with Gasteiger partial charge in [-0.25, -0.2) is 0 Å². The maximum Gasteiger partial charge on any atom is 0.0795 e. The van der Waals surface area contributed by atoms with Crippen LogP contribution in [0.15, 0.2) is 0 Å². The molecule has 2 nitrogen and oxygen atoms in total. The van der Waals surface area contributed by atoms with Crippen molar-refractivity contribution in [1.82, 2.24) is 5.32 Å².